The molecule has 0 spiro atoms. The van der Waals surface area contributed by atoms with E-state index in [1.807, 2.05) is 0 Å². The van der Waals surface area contributed by atoms with Gasteiger partial charge < -0.3 is 15.4 Å². The first kappa shape index (κ1) is 18.3. The van der Waals surface area contributed by atoms with E-state index < -0.39 is 10.0 Å². The number of piperidine rings is 1. The summed E-state index contributed by atoms with van der Waals surface area (Å²) in [6.45, 7) is 2.86. The van der Waals surface area contributed by atoms with Crippen LogP contribution in [0.3, 0.4) is 0 Å². The van der Waals surface area contributed by atoms with Gasteiger partial charge in [-0.15, -0.1) is 0 Å². The van der Waals surface area contributed by atoms with E-state index in [0.717, 1.165) is 6.54 Å². The van der Waals surface area contributed by atoms with E-state index >= 15 is 0 Å². The van der Waals surface area contributed by atoms with E-state index in [4.69, 9.17) is 4.74 Å². The van der Waals surface area contributed by atoms with Crippen LogP contribution in [-0.2, 0) is 19.6 Å². The van der Waals surface area contributed by atoms with Crippen molar-refractivity contribution in [3.63, 3.8) is 0 Å². The molecule has 3 rings (SSSR count). The molecule has 0 saturated carbocycles. The number of nitrogens with one attached hydrogen (secondary N) is 2. The highest BCUT2D eigenvalue weighted by molar-refractivity contribution is 7.89. The number of sulfonamides is 1. The molecular formula is C17H25N3O4S. The van der Waals surface area contributed by atoms with E-state index in [1.54, 1.807) is 30.3 Å². The van der Waals surface area contributed by atoms with Crippen molar-refractivity contribution in [3.05, 3.63) is 30.3 Å². The molecule has 1 atom stereocenters. The van der Waals surface area contributed by atoms with Crippen molar-refractivity contribution in [2.24, 2.45) is 0 Å². The van der Waals surface area contributed by atoms with Crippen molar-refractivity contribution in [1.82, 2.24) is 14.9 Å². The van der Waals surface area contributed by atoms with Gasteiger partial charge in [-0.25, -0.2) is 8.42 Å². The fourth-order valence-electron chi connectivity index (χ4n) is 3.24. The van der Waals surface area contributed by atoms with Gasteiger partial charge in [0.25, 0.3) is 0 Å². The summed E-state index contributed by atoms with van der Waals surface area (Å²) in [7, 11) is -3.44. The Balaban J connectivity index is 1.47. The number of amides is 1. The second-order valence-electron chi connectivity index (χ2n) is 6.49. The lowest BCUT2D eigenvalue weighted by molar-refractivity contribution is -0.123. The fraction of sp³-hybridized carbons (Fsp3) is 0.588. The van der Waals surface area contributed by atoms with Gasteiger partial charge in [0.1, 0.15) is 0 Å². The number of nitrogens with zero attached hydrogens (tertiary/aromatic N) is 1. The SMILES string of the molecule is O=C(C[C@H]1COCCN1)NC1CCN(S(=O)(=O)c2ccccc2)CC1. The van der Waals surface area contributed by atoms with Gasteiger partial charge in [-0.05, 0) is 25.0 Å². The number of hydrogen-bond donors (Lipinski definition) is 2. The molecule has 7 nitrogen and oxygen atoms in total. The van der Waals surface area contributed by atoms with Crippen molar-refractivity contribution < 1.29 is 17.9 Å². The van der Waals surface area contributed by atoms with Crippen LogP contribution in [0.4, 0.5) is 0 Å². The summed E-state index contributed by atoms with van der Waals surface area (Å²) in [6, 6.07) is 8.57. The van der Waals surface area contributed by atoms with Crippen LogP contribution >= 0.6 is 0 Å². The zero-order valence-electron chi connectivity index (χ0n) is 14.2. The van der Waals surface area contributed by atoms with Gasteiger partial charge >= 0.3 is 0 Å². The van der Waals surface area contributed by atoms with Gasteiger partial charge in [0.05, 0.1) is 18.1 Å². The maximum atomic E-state index is 12.6. The molecule has 1 aromatic carbocycles. The summed E-state index contributed by atoms with van der Waals surface area (Å²) in [5, 5.41) is 6.28. The van der Waals surface area contributed by atoms with Crippen molar-refractivity contribution in [3.8, 4) is 0 Å². The number of rotatable bonds is 5. The molecule has 1 aromatic rings. The smallest absolute Gasteiger partial charge is 0.243 e. The van der Waals surface area contributed by atoms with Gasteiger partial charge in [0.15, 0.2) is 0 Å². The van der Waals surface area contributed by atoms with Crippen LogP contribution in [0.25, 0.3) is 0 Å². The molecule has 0 aliphatic carbocycles. The third-order valence-electron chi connectivity index (χ3n) is 4.63. The fourth-order valence-corrected chi connectivity index (χ4v) is 4.73. The van der Waals surface area contributed by atoms with Gasteiger partial charge in [-0.1, -0.05) is 18.2 Å². The summed E-state index contributed by atoms with van der Waals surface area (Å²) in [6.07, 6.45) is 1.65. The largest absolute Gasteiger partial charge is 0.378 e. The minimum absolute atomic E-state index is 0.00707. The lowest BCUT2D eigenvalue weighted by Crippen LogP contribution is -2.49. The summed E-state index contributed by atoms with van der Waals surface area (Å²) < 4.78 is 32.0. The molecule has 0 unspecified atom stereocenters. The van der Waals surface area contributed by atoms with E-state index in [0.29, 0.717) is 50.5 Å². The van der Waals surface area contributed by atoms with E-state index in [-0.39, 0.29) is 18.0 Å². The van der Waals surface area contributed by atoms with Gasteiger partial charge in [-0.2, -0.15) is 4.31 Å². The third-order valence-corrected chi connectivity index (χ3v) is 6.54. The summed E-state index contributed by atoms with van der Waals surface area (Å²) in [5.41, 5.74) is 0. The van der Waals surface area contributed by atoms with E-state index in [9.17, 15) is 13.2 Å². The van der Waals surface area contributed by atoms with Crippen molar-refractivity contribution in [2.45, 2.75) is 36.2 Å². The quantitative estimate of drug-likeness (QED) is 0.783. The maximum Gasteiger partial charge on any atom is 0.243 e. The first-order chi connectivity index (χ1) is 12.1. The molecule has 1 amide bonds. The zero-order valence-corrected chi connectivity index (χ0v) is 15.0. The monoisotopic (exact) mass is 367 g/mol. The Morgan fingerprint density at radius 1 is 1.24 bits per heavy atom. The van der Waals surface area contributed by atoms with Crippen LogP contribution in [0.2, 0.25) is 0 Å². The second-order valence-corrected chi connectivity index (χ2v) is 8.43. The Hall–Kier alpha value is -1.48. The number of carbonyl (C=O) groups excluding carboxylic acids is 1. The molecule has 2 N–H and O–H groups in total. The molecule has 2 fully saturated rings. The minimum atomic E-state index is -3.44. The molecule has 0 radical (unpaired) electrons. The Bertz CT molecular complexity index is 666. The molecule has 0 bridgehead atoms. The number of benzene rings is 1. The molecule has 0 aromatic heterocycles. The first-order valence-corrected chi connectivity index (χ1v) is 10.2. The molecule has 138 valence electrons. The van der Waals surface area contributed by atoms with Gasteiger partial charge in [0.2, 0.25) is 15.9 Å². The molecule has 8 heteroatoms. The Labute approximate surface area is 148 Å². The van der Waals surface area contributed by atoms with Gasteiger partial charge in [0, 0.05) is 38.1 Å². The number of ether oxygens (including phenoxy) is 1. The molecule has 2 saturated heterocycles. The number of hydrogen-bond acceptors (Lipinski definition) is 5. The predicted octanol–water partition coefficient (Wildman–Crippen LogP) is 0.334. The second kappa shape index (κ2) is 8.27. The summed E-state index contributed by atoms with van der Waals surface area (Å²) in [5.74, 6) is -0.00707. The number of carbonyl (C=O) groups is 1. The normalized spacial score (nSPS) is 23.3. The summed E-state index contributed by atoms with van der Waals surface area (Å²) in [4.78, 5) is 12.5. The Morgan fingerprint density at radius 2 is 1.96 bits per heavy atom. The van der Waals surface area contributed by atoms with E-state index in [1.165, 1.54) is 4.31 Å². The first-order valence-electron chi connectivity index (χ1n) is 8.71. The highest BCUT2D eigenvalue weighted by atomic mass is 32.2. The number of morpholine rings is 1. The van der Waals surface area contributed by atoms with Crippen molar-refractivity contribution in [1.29, 1.82) is 0 Å². The van der Waals surface area contributed by atoms with Crippen LogP contribution in [-0.4, -0.2) is 63.6 Å². The maximum absolute atomic E-state index is 12.6. The van der Waals surface area contributed by atoms with Gasteiger partial charge in [-0.3, -0.25) is 4.79 Å². The van der Waals surface area contributed by atoms with Crippen molar-refractivity contribution in [2.75, 3.05) is 32.8 Å². The van der Waals surface area contributed by atoms with Crippen LogP contribution in [0.1, 0.15) is 19.3 Å². The minimum Gasteiger partial charge on any atom is -0.378 e. The standard InChI is InChI=1S/C17H25N3O4S/c21-17(12-15-13-24-11-8-18-15)19-14-6-9-20(10-7-14)25(22,23)16-4-2-1-3-5-16/h1-5,14-15,18H,6-13H2,(H,19,21)/t15-/m0/s1. The van der Waals surface area contributed by atoms with Crippen LogP contribution < -0.4 is 10.6 Å². The van der Waals surface area contributed by atoms with Crippen LogP contribution in [0, 0.1) is 0 Å². The van der Waals surface area contributed by atoms with Crippen LogP contribution in [0.5, 0.6) is 0 Å². The molecule has 2 aliphatic heterocycles. The van der Waals surface area contributed by atoms with Crippen LogP contribution in [0.15, 0.2) is 35.2 Å². The molecular weight excluding hydrogens is 342 g/mol. The predicted molar refractivity (Wildman–Crippen MR) is 93.6 cm³/mol. The van der Waals surface area contributed by atoms with E-state index in [2.05, 4.69) is 10.6 Å². The Morgan fingerprint density at radius 3 is 2.60 bits per heavy atom. The molecule has 25 heavy (non-hydrogen) atoms. The lowest BCUT2D eigenvalue weighted by atomic mass is 10.1. The average molecular weight is 367 g/mol. The highest BCUT2D eigenvalue weighted by Gasteiger charge is 2.30. The average Bonchev–Trinajstić information content (AvgIpc) is 2.63. The molecule has 2 aliphatic rings. The topological polar surface area (TPSA) is 87.7 Å². The molecule has 2 heterocycles. The third kappa shape index (κ3) is 4.78. The van der Waals surface area contributed by atoms with Crippen molar-refractivity contribution >= 4 is 15.9 Å². The zero-order chi connectivity index (χ0) is 17.7. The summed E-state index contributed by atoms with van der Waals surface area (Å²) >= 11 is 0. The lowest BCUT2D eigenvalue weighted by Gasteiger charge is -2.32. The Kier molecular flexibility index (Phi) is 6.06. The highest BCUT2D eigenvalue weighted by Crippen LogP contribution is 2.20.